The van der Waals surface area contributed by atoms with Crippen molar-refractivity contribution in [2.24, 2.45) is 16.6 Å². The number of hydrogen-bond donors (Lipinski definition) is 4. The van der Waals surface area contributed by atoms with Gasteiger partial charge in [-0.2, -0.15) is 0 Å². The van der Waals surface area contributed by atoms with Gasteiger partial charge in [-0.1, -0.05) is 5.16 Å². The Balaban J connectivity index is 1.84. The van der Waals surface area contributed by atoms with Crippen molar-refractivity contribution in [1.82, 2.24) is 15.2 Å². The van der Waals surface area contributed by atoms with Crippen LogP contribution in [-0.4, -0.2) is 45.8 Å². The van der Waals surface area contributed by atoms with Crippen molar-refractivity contribution in [3.05, 3.63) is 28.9 Å². The van der Waals surface area contributed by atoms with Gasteiger partial charge in [0.15, 0.2) is 17.5 Å². The zero-order valence-electron chi connectivity index (χ0n) is 12.3. The summed E-state index contributed by atoms with van der Waals surface area (Å²) >= 11 is 1.15. The maximum atomic E-state index is 11.3. The number of thiazole rings is 1. The molecule has 0 fully saturated rings. The van der Waals surface area contributed by atoms with Crippen LogP contribution in [0.15, 0.2) is 22.7 Å². The van der Waals surface area contributed by atoms with E-state index in [2.05, 4.69) is 20.3 Å². The van der Waals surface area contributed by atoms with Crippen molar-refractivity contribution < 1.29 is 14.4 Å². The number of amides is 1. The monoisotopic (exact) mass is 350 g/mol. The number of nitrogens with two attached hydrogens (primary N) is 3. The molecule has 7 N–H and O–H groups in total. The molecule has 0 spiro atoms. The fraction of sp³-hybridized carbons (Fsp3) is 0.167. The molecule has 0 unspecified atom stereocenters. The third-order valence-corrected chi connectivity index (χ3v) is 3.17. The molecule has 0 radical (unpaired) electrons. The van der Waals surface area contributed by atoms with Gasteiger partial charge in [-0.3, -0.25) is 10.2 Å². The summed E-state index contributed by atoms with van der Waals surface area (Å²) < 4.78 is 5.26. The van der Waals surface area contributed by atoms with Crippen LogP contribution >= 0.6 is 11.3 Å². The standard InChI is InChI=1S/C12H14N8O3S/c13-10(14)6-1-2-8(19-18-6)22-3-4-23-20-9(11(15)21)7-5-24-12(16)17-7/h1-2,5H,3-4H2,(H3,13,14)(H2,15,21)(H2,16,17). The van der Waals surface area contributed by atoms with Gasteiger partial charge >= 0.3 is 0 Å². The maximum Gasteiger partial charge on any atom is 0.273 e. The topological polar surface area (TPSA) is 188 Å². The molecule has 11 nitrogen and oxygen atoms in total. The average molecular weight is 350 g/mol. The molecule has 2 heterocycles. The first-order valence-electron chi connectivity index (χ1n) is 6.49. The number of nitrogens with zero attached hydrogens (tertiary/aromatic N) is 4. The molecule has 0 bridgehead atoms. The summed E-state index contributed by atoms with van der Waals surface area (Å²) in [5.74, 6) is -0.740. The number of primary amides is 1. The van der Waals surface area contributed by atoms with E-state index in [9.17, 15) is 4.79 Å². The Morgan fingerprint density at radius 3 is 2.58 bits per heavy atom. The summed E-state index contributed by atoms with van der Waals surface area (Å²) in [7, 11) is 0. The zero-order valence-corrected chi connectivity index (χ0v) is 13.1. The molecular weight excluding hydrogens is 336 g/mol. The van der Waals surface area contributed by atoms with E-state index in [4.69, 9.17) is 32.2 Å². The van der Waals surface area contributed by atoms with Gasteiger partial charge < -0.3 is 26.8 Å². The van der Waals surface area contributed by atoms with Gasteiger partial charge in [0.25, 0.3) is 5.91 Å². The minimum atomic E-state index is -0.785. The van der Waals surface area contributed by atoms with E-state index in [1.165, 1.54) is 12.1 Å². The SMILES string of the molecule is N=C(N)c1ccc(OCCON=C(C(N)=O)c2csc(N)n2)nn1. The van der Waals surface area contributed by atoms with E-state index in [-0.39, 0.29) is 47.2 Å². The third kappa shape index (κ3) is 4.61. The highest BCUT2D eigenvalue weighted by Gasteiger charge is 2.14. The molecule has 0 saturated carbocycles. The number of carbonyl (C=O) groups excluding carboxylic acids is 1. The van der Waals surface area contributed by atoms with Gasteiger partial charge in [-0.15, -0.1) is 21.5 Å². The molecule has 1 amide bonds. The van der Waals surface area contributed by atoms with Crippen LogP contribution in [0.5, 0.6) is 5.88 Å². The Kier molecular flexibility index (Phi) is 5.57. The largest absolute Gasteiger partial charge is 0.473 e. The molecule has 2 rings (SSSR count). The number of nitrogens with one attached hydrogen (secondary N) is 1. The lowest BCUT2D eigenvalue weighted by Crippen LogP contribution is -2.25. The van der Waals surface area contributed by atoms with Crippen molar-refractivity contribution in [3.8, 4) is 5.88 Å². The Labute approximate surface area is 140 Å². The summed E-state index contributed by atoms with van der Waals surface area (Å²) in [4.78, 5) is 20.2. The lowest BCUT2D eigenvalue weighted by molar-refractivity contribution is -0.112. The molecule has 2 aromatic heterocycles. The molecular formula is C12H14N8O3S. The minimum Gasteiger partial charge on any atom is -0.473 e. The van der Waals surface area contributed by atoms with E-state index in [0.717, 1.165) is 11.3 Å². The first kappa shape index (κ1) is 17.1. The second kappa shape index (κ2) is 7.82. The first-order chi connectivity index (χ1) is 11.5. The molecule has 0 aromatic carbocycles. The van der Waals surface area contributed by atoms with Crippen molar-refractivity contribution in [2.75, 3.05) is 18.9 Å². The number of amidine groups is 1. The number of oxime groups is 1. The van der Waals surface area contributed by atoms with Crippen molar-refractivity contribution in [2.45, 2.75) is 0 Å². The van der Waals surface area contributed by atoms with Gasteiger partial charge in [0.2, 0.25) is 5.88 Å². The van der Waals surface area contributed by atoms with Gasteiger partial charge in [-0.25, -0.2) is 4.98 Å². The molecule has 126 valence electrons. The Morgan fingerprint density at radius 1 is 1.25 bits per heavy atom. The molecule has 12 heteroatoms. The van der Waals surface area contributed by atoms with Crippen molar-refractivity contribution in [1.29, 1.82) is 5.41 Å². The minimum absolute atomic E-state index is 0.0343. The van der Waals surface area contributed by atoms with E-state index >= 15 is 0 Å². The van der Waals surface area contributed by atoms with Crippen LogP contribution in [0.4, 0.5) is 5.13 Å². The second-order valence-corrected chi connectivity index (χ2v) is 5.12. The van der Waals surface area contributed by atoms with E-state index in [1.807, 2.05) is 0 Å². The lowest BCUT2D eigenvalue weighted by Gasteiger charge is -2.04. The Hall–Kier alpha value is -3.28. The molecule has 24 heavy (non-hydrogen) atoms. The normalized spacial score (nSPS) is 11.1. The fourth-order valence-corrected chi connectivity index (χ4v) is 2.00. The van der Waals surface area contributed by atoms with Crippen LogP contribution in [0.25, 0.3) is 0 Å². The highest BCUT2D eigenvalue weighted by molar-refractivity contribution is 7.13. The van der Waals surface area contributed by atoms with E-state index < -0.39 is 5.91 Å². The number of ether oxygens (including phenoxy) is 1. The molecule has 2 aromatic rings. The van der Waals surface area contributed by atoms with Crippen molar-refractivity contribution >= 4 is 33.9 Å². The predicted molar refractivity (Wildman–Crippen MR) is 86.8 cm³/mol. The summed E-state index contributed by atoms with van der Waals surface area (Å²) in [6.07, 6.45) is 0. The number of hydrogen-bond acceptors (Lipinski definition) is 10. The fourth-order valence-electron chi connectivity index (χ4n) is 1.45. The first-order valence-corrected chi connectivity index (χ1v) is 7.37. The smallest absolute Gasteiger partial charge is 0.273 e. The van der Waals surface area contributed by atoms with Crippen molar-refractivity contribution in [3.63, 3.8) is 0 Å². The van der Waals surface area contributed by atoms with Crippen LogP contribution < -0.4 is 21.9 Å². The predicted octanol–water partition coefficient (Wildman–Crippen LogP) is -0.916. The summed E-state index contributed by atoms with van der Waals surface area (Å²) in [5, 5.41) is 20.1. The van der Waals surface area contributed by atoms with Gasteiger partial charge in [0, 0.05) is 11.4 Å². The molecule has 0 aliphatic heterocycles. The number of anilines is 1. The van der Waals surface area contributed by atoms with Crippen LogP contribution in [-0.2, 0) is 9.63 Å². The highest BCUT2D eigenvalue weighted by atomic mass is 32.1. The lowest BCUT2D eigenvalue weighted by atomic mass is 10.3. The summed E-state index contributed by atoms with van der Waals surface area (Å²) in [6.45, 7) is 0.134. The van der Waals surface area contributed by atoms with Crippen LogP contribution in [0.2, 0.25) is 0 Å². The van der Waals surface area contributed by atoms with E-state index in [0.29, 0.717) is 0 Å². The molecule has 0 aliphatic rings. The Bertz CT molecular complexity index is 758. The molecule has 0 atom stereocenters. The summed E-state index contributed by atoms with van der Waals surface area (Å²) in [5.41, 5.74) is 16.3. The van der Waals surface area contributed by atoms with Crippen LogP contribution in [0.1, 0.15) is 11.4 Å². The molecule has 0 saturated heterocycles. The third-order valence-electron chi connectivity index (χ3n) is 2.49. The van der Waals surface area contributed by atoms with Gasteiger partial charge in [0.1, 0.15) is 23.8 Å². The quantitative estimate of drug-likeness (QED) is 0.203. The second-order valence-electron chi connectivity index (χ2n) is 4.23. The summed E-state index contributed by atoms with van der Waals surface area (Å²) in [6, 6.07) is 3.02. The van der Waals surface area contributed by atoms with E-state index in [1.54, 1.807) is 5.38 Å². The number of aromatic nitrogens is 3. The average Bonchev–Trinajstić information content (AvgIpc) is 2.97. The van der Waals surface area contributed by atoms with Crippen LogP contribution in [0.3, 0.4) is 0 Å². The number of rotatable bonds is 8. The number of carbonyl (C=O) groups is 1. The highest BCUT2D eigenvalue weighted by Crippen LogP contribution is 2.12. The van der Waals surface area contributed by atoms with Gasteiger partial charge in [0.05, 0.1) is 0 Å². The Morgan fingerprint density at radius 2 is 2.04 bits per heavy atom. The van der Waals surface area contributed by atoms with Gasteiger partial charge in [-0.05, 0) is 6.07 Å². The molecule has 0 aliphatic carbocycles. The van der Waals surface area contributed by atoms with Crippen LogP contribution in [0, 0.1) is 5.41 Å². The zero-order chi connectivity index (χ0) is 17.5. The maximum absolute atomic E-state index is 11.3. The number of nitrogen functional groups attached to an aromatic ring is 2.